The van der Waals surface area contributed by atoms with Gasteiger partial charge in [0.25, 0.3) is 0 Å². The molecule has 0 spiro atoms. The standard InChI is InChI=1S/CH9N3OSi2/c2-1(5)7-4-3-6/h3-4H,7H2,6H3,(H2,2,5). The Hall–Kier alpha value is -0.176. The maximum atomic E-state index is 9.96. The molecule has 0 bridgehead atoms. The summed E-state index contributed by atoms with van der Waals surface area (Å²) in [5.41, 5.74) is 4.61. The number of primary amides is 1. The second-order valence-corrected chi connectivity index (χ2v) is 2.97. The van der Waals surface area contributed by atoms with Crippen molar-refractivity contribution < 1.29 is 4.79 Å². The molecule has 7 heavy (non-hydrogen) atoms. The highest BCUT2D eigenvalue weighted by Crippen LogP contribution is 1.47. The zero-order chi connectivity index (χ0) is 5.70. The van der Waals surface area contributed by atoms with Gasteiger partial charge in [-0.1, -0.05) is 0 Å². The van der Waals surface area contributed by atoms with E-state index < -0.39 is 9.68 Å². The van der Waals surface area contributed by atoms with E-state index in [1.807, 2.05) is 0 Å². The first kappa shape index (κ1) is 6.82. The van der Waals surface area contributed by atoms with Gasteiger partial charge in [-0.3, -0.25) is 15.0 Å². The molecular weight excluding hydrogens is 126 g/mol. The molecule has 0 aliphatic rings. The van der Waals surface area contributed by atoms with E-state index in [1.165, 1.54) is 0 Å². The van der Waals surface area contributed by atoms with Crippen molar-refractivity contribution in [3.05, 3.63) is 0 Å². The number of hydrazine groups is 1. The number of nitrogens with one attached hydrogen (secondary N) is 2. The number of carbonyl (C=O) groups excluding carboxylic acids is 1. The molecule has 0 unspecified atom stereocenters. The van der Waals surface area contributed by atoms with E-state index in [9.17, 15) is 4.79 Å². The summed E-state index contributed by atoms with van der Waals surface area (Å²) >= 11 is 0. The number of hydrogen-bond donors (Lipinski definition) is 3. The summed E-state index contributed by atoms with van der Waals surface area (Å²) < 4.78 is 0. The molecule has 4 N–H and O–H groups in total. The fraction of sp³-hybridized carbons (Fsp3) is 0. The normalized spacial score (nSPS) is 10.9. The van der Waals surface area contributed by atoms with Gasteiger partial charge in [0.1, 0.15) is 0 Å². The molecular formula is CH9N3OSi2. The van der Waals surface area contributed by atoms with Crippen LogP contribution in [0, 0.1) is 0 Å². The van der Waals surface area contributed by atoms with E-state index in [-0.39, 0.29) is 5.53 Å². The molecule has 0 atom stereocenters. The SMILES string of the molecule is NC(=O)[SiH2]NN[SiH3]. The topological polar surface area (TPSA) is 67.2 Å². The Morgan fingerprint density at radius 2 is 2.43 bits per heavy atom. The van der Waals surface area contributed by atoms with Crippen LogP contribution < -0.4 is 15.9 Å². The number of nitrogens with two attached hydrogens (primary N) is 1. The molecule has 0 fully saturated rings. The van der Waals surface area contributed by atoms with Crippen molar-refractivity contribution in [3.8, 4) is 0 Å². The van der Waals surface area contributed by atoms with Crippen molar-refractivity contribution in [3.63, 3.8) is 0 Å². The van der Waals surface area contributed by atoms with Gasteiger partial charge in [0.05, 0.1) is 10.4 Å². The molecule has 0 radical (unpaired) electrons. The van der Waals surface area contributed by atoms with Crippen LogP contribution in [0.3, 0.4) is 0 Å². The molecule has 0 rings (SSSR count). The van der Waals surface area contributed by atoms with Gasteiger partial charge in [-0.05, 0) is 0 Å². The first-order valence-corrected chi connectivity index (χ1v) is 4.36. The van der Waals surface area contributed by atoms with Gasteiger partial charge >= 0.3 is 0 Å². The Balaban J connectivity index is 2.82. The van der Waals surface area contributed by atoms with Crippen molar-refractivity contribution in [2.75, 3.05) is 0 Å². The van der Waals surface area contributed by atoms with E-state index in [1.54, 1.807) is 0 Å². The molecule has 0 saturated heterocycles. The maximum absolute atomic E-state index is 9.96. The van der Waals surface area contributed by atoms with E-state index in [0.717, 1.165) is 10.4 Å². The summed E-state index contributed by atoms with van der Waals surface area (Å²) in [7, 11) is 0.0189. The lowest BCUT2D eigenvalue weighted by Crippen LogP contribution is -2.39. The average Bonchev–Trinajstić information content (AvgIpc) is 1.61. The van der Waals surface area contributed by atoms with Crippen molar-refractivity contribution in [2.45, 2.75) is 0 Å². The van der Waals surface area contributed by atoms with Crippen LogP contribution in [0.1, 0.15) is 0 Å². The van der Waals surface area contributed by atoms with Crippen LogP contribution in [0.15, 0.2) is 0 Å². The van der Waals surface area contributed by atoms with Gasteiger partial charge in [-0.2, -0.15) is 0 Å². The summed E-state index contributed by atoms with van der Waals surface area (Å²) in [6.07, 6.45) is 0. The molecule has 0 aromatic heterocycles. The van der Waals surface area contributed by atoms with Crippen molar-refractivity contribution in [2.24, 2.45) is 5.73 Å². The van der Waals surface area contributed by atoms with Crippen molar-refractivity contribution in [1.82, 2.24) is 10.2 Å². The molecule has 1 amide bonds. The smallest absolute Gasteiger partial charge is 0.211 e. The number of carbonyl (C=O) groups is 1. The first-order chi connectivity index (χ1) is 3.27. The quantitative estimate of drug-likeness (QED) is 0.278. The van der Waals surface area contributed by atoms with Crippen LogP contribution in [-0.2, 0) is 0 Å². The summed E-state index contributed by atoms with van der Waals surface area (Å²) in [4.78, 5) is 9.96. The van der Waals surface area contributed by atoms with Gasteiger partial charge in [-0.25, -0.2) is 0 Å². The van der Waals surface area contributed by atoms with Gasteiger partial charge in [-0.15, -0.1) is 0 Å². The van der Waals surface area contributed by atoms with E-state index in [2.05, 4.69) is 10.2 Å². The molecule has 0 aromatic rings. The third kappa shape index (κ3) is 5.82. The first-order valence-electron chi connectivity index (χ1n) is 1.95. The zero-order valence-corrected chi connectivity index (χ0v) is 7.61. The minimum Gasteiger partial charge on any atom is -0.373 e. The summed E-state index contributed by atoms with van der Waals surface area (Å²) in [5.74, 6) is 0. The Labute approximate surface area is 47.2 Å². The van der Waals surface area contributed by atoms with Gasteiger partial charge in [0.2, 0.25) is 15.2 Å². The van der Waals surface area contributed by atoms with Crippen molar-refractivity contribution >= 4 is 25.6 Å². The Kier molecular flexibility index (Phi) is 3.89. The largest absolute Gasteiger partial charge is 0.373 e. The molecule has 0 saturated carbocycles. The Bertz CT molecular complexity index is 66.0. The number of amides is 1. The predicted molar refractivity (Wildman–Crippen MR) is 34.3 cm³/mol. The molecule has 0 aliphatic heterocycles. The lowest BCUT2D eigenvalue weighted by molar-refractivity contribution is 0.265. The zero-order valence-electron chi connectivity index (χ0n) is 4.19. The van der Waals surface area contributed by atoms with E-state index in [4.69, 9.17) is 5.73 Å². The average molecular weight is 135 g/mol. The fourth-order valence-corrected chi connectivity index (χ4v) is 1.06. The minimum atomic E-state index is -0.841. The molecule has 42 valence electrons. The Morgan fingerprint density at radius 3 is 2.57 bits per heavy atom. The number of hydrogen-bond acceptors (Lipinski definition) is 3. The molecule has 0 aliphatic carbocycles. The van der Waals surface area contributed by atoms with Crippen LogP contribution in [0.5, 0.6) is 0 Å². The molecule has 0 aromatic carbocycles. The van der Waals surface area contributed by atoms with Gasteiger partial charge < -0.3 is 5.73 Å². The second kappa shape index (κ2) is 4.00. The monoisotopic (exact) mass is 135 g/mol. The predicted octanol–water partition coefficient (Wildman–Crippen LogP) is -3.48. The number of rotatable bonds is 3. The lowest BCUT2D eigenvalue weighted by Gasteiger charge is -1.93. The van der Waals surface area contributed by atoms with Crippen LogP contribution in [0.4, 0.5) is 4.79 Å². The maximum Gasteiger partial charge on any atom is 0.211 e. The summed E-state index contributed by atoms with van der Waals surface area (Å²) in [6.45, 7) is 0. The third-order valence-corrected chi connectivity index (χ3v) is 2.38. The minimum absolute atomic E-state index is 0.205. The van der Waals surface area contributed by atoms with E-state index in [0.29, 0.717) is 0 Å². The van der Waals surface area contributed by atoms with Crippen LogP contribution >= 0.6 is 0 Å². The highest BCUT2D eigenvalue weighted by atomic mass is 28.2. The van der Waals surface area contributed by atoms with Gasteiger partial charge in [0, 0.05) is 0 Å². The molecule has 4 nitrogen and oxygen atoms in total. The van der Waals surface area contributed by atoms with E-state index >= 15 is 0 Å². The highest BCUT2D eigenvalue weighted by Gasteiger charge is 1.87. The second-order valence-electron chi connectivity index (χ2n) is 1.07. The molecule has 0 heterocycles. The third-order valence-electron chi connectivity index (χ3n) is 0.439. The highest BCUT2D eigenvalue weighted by molar-refractivity contribution is 6.71. The summed E-state index contributed by atoms with van der Waals surface area (Å²) in [6, 6.07) is 0. The van der Waals surface area contributed by atoms with Crippen molar-refractivity contribution in [1.29, 1.82) is 0 Å². The fourth-order valence-electron chi connectivity index (χ4n) is 0.176. The van der Waals surface area contributed by atoms with Crippen LogP contribution in [0.25, 0.3) is 0 Å². The molecule has 6 heteroatoms. The Morgan fingerprint density at radius 1 is 1.86 bits per heavy atom. The lowest BCUT2D eigenvalue weighted by atomic mass is 11.4. The van der Waals surface area contributed by atoms with Crippen LogP contribution in [0.2, 0.25) is 0 Å². The van der Waals surface area contributed by atoms with Gasteiger partial charge in [0.15, 0.2) is 0 Å². The van der Waals surface area contributed by atoms with Crippen LogP contribution in [-0.4, -0.2) is 25.6 Å². The summed E-state index contributed by atoms with van der Waals surface area (Å²) in [5, 5.41) is 5.47.